The molecule has 1 heterocycles. The number of hydrogen-bond acceptors (Lipinski definition) is 6. The summed E-state index contributed by atoms with van der Waals surface area (Å²) in [6.07, 6.45) is 1.33. The van der Waals surface area contributed by atoms with E-state index in [1.54, 1.807) is 30.3 Å². The van der Waals surface area contributed by atoms with Crippen molar-refractivity contribution in [3.05, 3.63) is 66.6 Å². The van der Waals surface area contributed by atoms with Crippen LogP contribution in [0, 0.1) is 0 Å². The second-order valence-corrected chi connectivity index (χ2v) is 6.57. The van der Waals surface area contributed by atoms with Gasteiger partial charge >= 0.3 is 0 Å². The number of amides is 2. The molecule has 0 saturated carbocycles. The first kappa shape index (κ1) is 19.8. The SMILES string of the molecule is CC(=O)Nc1ccc(Nc2cc(C(=O)Nc3ccc(N(C)C)cc3)ncn2)cc1. The largest absolute Gasteiger partial charge is 0.378 e. The highest BCUT2D eigenvalue weighted by molar-refractivity contribution is 6.03. The van der Waals surface area contributed by atoms with Crippen LogP contribution in [0.5, 0.6) is 0 Å². The van der Waals surface area contributed by atoms with E-state index in [9.17, 15) is 9.59 Å². The zero-order valence-corrected chi connectivity index (χ0v) is 16.4. The van der Waals surface area contributed by atoms with Crippen LogP contribution in [0.15, 0.2) is 60.9 Å². The Morgan fingerprint density at radius 3 is 2.03 bits per heavy atom. The van der Waals surface area contributed by atoms with Gasteiger partial charge in [0, 0.05) is 49.8 Å². The molecule has 3 rings (SSSR count). The highest BCUT2D eigenvalue weighted by atomic mass is 16.2. The minimum Gasteiger partial charge on any atom is -0.378 e. The molecule has 0 aliphatic carbocycles. The molecule has 0 aliphatic rings. The number of carbonyl (C=O) groups excluding carboxylic acids is 2. The van der Waals surface area contributed by atoms with Crippen molar-refractivity contribution in [1.82, 2.24) is 9.97 Å². The highest BCUT2D eigenvalue weighted by Gasteiger charge is 2.10. The van der Waals surface area contributed by atoms with E-state index < -0.39 is 0 Å². The Balaban J connectivity index is 1.66. The van der Waals surface area contributed by atoms with Gasteiger partial charge in [0.1, 0.15) is 17.8 Å². The molecule has 0 spiro atoms. The summed E-state index contributed by atoms with van der Waals surface area (Å²) in [5.41, 5.74) is 3.44. The lowest BCUT2D eigenvalue weighted by Crippen LogP contribution is -2.14. The van der Waals surface area contributed by atoms with Gasteiger partial charge in [-0.2, -0.15) is 0 Å². The summed E-state index contributed by atoms with van der Waals surface area (Å²) in [6.45, 7) is 1.45. The minimum atomic E-state index is -0.325. The standard InChI is InChI=1S/C21H22N6O2/c1-14(28)24-15-4-6-16(7-5-15)25-20-12-19(22-13-23-20)21(29)26-17-8-10-18(11-9-17)27(2)3/h4-13H,1-3H3,(H,24,28)(H,26,29)(H,22,23,25). The van der Waals surface area contributed by atoms with Crippen LogP contribution >= 0.6 is 0 Å². The number of aromatic nitrogens is 2. The topological polar surface area (TPSA) is 99.2 Å². The molecular formula is C21H22N6O2. The molecule has 0 atom stereocenters. The minimum absolute atomic E-state index is 0.131. The maximum absolute atomic E-state index is 12.5. The van der Waals surface area contributed by atoms with Crippen molar-refractivity contribution in [1.29, 1.82) is 0 Å². The number of nitrogens with zero attached hydrogens (tertiary/aromatic N) is 3. The molecular weight excluding hydrogens is 368 g/mol. The molecule has 8 nitrogen and oxygen atoms in total. The first-order valence-corrected chi connectivity index (χ1v) is 8.96. The molecule has 0 unspecified atom stereocenters. The smallest absolute Gasteiger partial charge is 0.274 e. The van der Waals surface area contributed by atoms with Crippen LogP contribution in [0.3, 0.4) is 0 Å². The second kappa shape index (κ2) is 8.83. The van der Waals surface area contributed by atoms with Crippen molar-refractivity contribution in [2.75, 3.05) is 34.9 Å². The van der Waals surface area contributed by atoms with Crippen molar-refractivity contribution >= 4 is 40.4 Å². The van der Waals surface area contributed by atoms with Gasteiger partial charge in [-0.15, -0.1) is 0 Å². The summed E-state index contributed by atoms with van der Waals surface area (Å²) < 4.78 is 0. The van der Waals surface area contributed by atoms with Crippen LogP contribution in [-0.2, 0) is 4.79 Å². The monoisotopic (exact) mass is 390 g/mol. The molecule has 0 radical (unpaired) electrons. The van der Waals surface area contributed by atoms with Crippen molar-refractivity contribution < 1.29 is 9.59 Å². The van der Waals surface area contributed by atoms with Gasteiger partial charge in [0.2, 0.25) is 5.91 Å². The summed E-state index contributed by atoms with van der Waals surface area (Å²) in [6, 6.07) is 16.3. The molecule has 2 amide bonds. The first-order valence-electron chi connectivity index (χ1n) is 8.96. The Morgan fingerprint density at radius 1 is 0.828 bits per heavy atom. The fraction of sp³-hybridized carbons (Fsp3) is 0.143. The first-order chi connectivity index (χ1) is 13.9. The van der Waals surface area contributed by atoms with Gasteiger partial charge in [-0.1, -0.05) is 0 Å². The highest BCUT2D eigenvalue weighted by Crippen LogP contribution is 2.19. The molecule has 0 aliphatic heterocycles. The summed E-state index contributed by atoms with van der Waals surface area (Å²) >= 11 is 0. The molecule has 2 aromatic carbocycles. The van der Waals surface area contributed by atoms with E-state index in [0.29, 0.717) is 17.2 Å². The van der Waals surface area contributed by atoms with Crippen LogP contribution in [-0.4, -0.2) is 35.9 Å². The van der Waals surface area contributed by atoms with Crippen molar-refractivity contribution in [2.24, 2.45) is 0 Å². The zero-order chi connectivity index (χ0) is 20.8. The normalized spacial score (nSPS) is 10.2. The average molecular weight is 390 g/mol. The third kappa shape index (κ3) is 5.52. The number of carbonyl (C=O) groups is 2. The van der Waals surface area contributed by atoms with E-state index in [2.05, 4.69) is 25.9 Å². The molecule has 0 fully saturated rings. The van der Waals surface area contributed by atoms with Crippen LogP contribution < -0.4 is 20.9 Å². The molecule has 1 aromatic heterocycles. The number of nitrogens with one attached hydrogen (secondary N) is 3. The van der Waals surface area contributed by atoms with E-state index in [1.807, 2.05) is 43.3 Å². The fourth-order valence-corrected chi connectivity index (χ4v) is 2.58. The van der Waals surface area contributed by atoms with Gasteiger partial charge in [-0.3, -0.25) is 9.59 Å². The van der Waals surface area contributed by atoms with Gasteiger partial charge in [0.25, 0.3) is 5.91 Å². The van der Waals surface area contributed by atoms with Crippen LogP contribution in [0.25, 0.3) is 0 Å². The zero-order valence-electron chi connectivity index (χ0n) is 16.4. The lowest BCUT2D eigenvalue weighted by molar-refractivity contribution is -0.114. The third-order valence-electron chi connectivity index (χ3n) is 4.02. The third-order valence-corrected chi connectivity index (χ3v) is 4.02. The van der Waals surface area contributed by atoms with Gasteiger partial charge in [-0.05, 0) is 48.5 Å². The molecule has 3 aromatic rings. The Kier molecular flexibility index (Phi) is 6.03. The fourth-order valence-electron chi connectivity index (χ4n) is 2.58. The van der Waals surface area contributed by atoms with E-state index >= 15 is 0 Å². The van der Waals surface area contributed by atoms with Crippen LogP contribution in [0.1, 0.15) is 17.4 Å². The Hall–Kier alpha value is -3.94. The second-order valence-electron chi connectivity index (χ2n) is 6.57. The van der Waals surface area contributed by atoms with E-state index in [4.69, 9.17) is 0 Å². The number of hydrogen-bond donors (Lipinski definition) is 3. The summed E-state index contributed by atoms with van der Waals surface area (Å²) in [4.78, 5) is 33.8. The predicted octanol–water partition coefficient (Wildman–Crippen LogP) is 3.50. The molecule has 3 N–H and O–H groups in total. The molecule has 148 valence electrons. The van der Waals surface area contributed by atoms with Crippen molar-refractivity contribution in [3.8, 4) is 0 Å². The Labute approximate surface area is 169 Å². The lowest BCUT2D eigenvalue weighted by atomic mass is 10.2. The van der Waals surface area contributed by atoms with Gasteiger partial charge in [0.15, 0.2) is 0 Å². The molecule has 0 bridgehead atoms. The van der Waals surface area contributed by atoms with Crippen LogP contribution in [0.2, 0.25) is 0 Å². The number of benzene rings is 2. The van der Waals surface area contributed by atoms with E-state index in [0.717, 1.165) is 11.4 Å². The molecule has 29 heavy (non-hydrogen) atoms. The van der Waals surface area contributed by atoms with Gasteiger partial charge < -0.3 is 20.9 Å². The summed E-state index contributed by atoms with van der Waals surface area (Å²) in [7, 11) is 3.91. The number of anilines is 5. The molecule has 0 saturated heterocycles. The van der Waals surface area contributed by atoms with Gasteiger partial charge in [-0.25, -0.2) is 9.97 Å². The van der Waals surface area contributed by atoms with Crippen molar-refractivity contribution in [2.45, 2.75) is 6.92 Å². The molecule has 8 heteroatoms. The summed E-state index contributed by atoms with van der Waals surface area (Å²) in [5.74, 6) is 0.0305. The maximum Gasteiger partial charge on any atom is 0.274 e. The van der Waals surface area contributed by atoms with Crippen molar-refractivity contribution in [3.63, 3.8) is 0 Å². The van der Waals surface area contributed by atoms with E-state index in [-0.39, 0.29) is 17.5 Å². The Bertz CT molecular complexity index is 1000. The van der Waals surface area contributed by atoms with Crippen LogP contribution in [0.4, 0.5) is 28.6 Å². The maximum atomic E-state index is 12.5. The van der Waals surface area contributed by atoms with Gasteiger partial charge in [0.05, 0.1) is 0 Å². The lowest BCUT2D eigenvalue weighted by Gasteiger charge is -2.13. The van der Waals surface area contributed by atoms with E-state index in [1.165, 1.54) is 13.3 Å². The average Bonchev–Trinajstić information content (AvgIpc) is 2.70. The predicted molar refractivity (Wildman–Crippen MR) is 115 cm³/mol. The summed E-state index contributed by atoms with van der Waals surface area (Å²) in [5, 5.41) is 8.64. The quantitative estimate of drug-likeness (QED) is 0.596. The number of rotatable bonds is 6. The Morgan fingerprint density at radius 2 is 1.41 bits per heavy atom.